The van der Waals surface area contributed by atoms with Crippen LogP contribution in [0.1, 0.15) is 39.8 Å². The highest BCUT2D eigenvalue weighted by molar-refractivity contribution is 7.12. The summed E-state index contributed by atoms with van der Waals surface area (Å²) in [7, 11) is 0. The molecule has 0 unspecified atom stereocenters. The Labute approximate surface area is 116 Å². The third-order valence-corrected chi connectivity index (χ3v) is 4.63. The number of nitrogens with zero attached hydrogens (tertiary/aromatic N) is 1. The highest BCUT2D eigenvalue weighted by Gasteiger charge is 2.31. The van der Waals surface area contributed by atoms with E-state index in [4.69, 9.17) is 11.5 Å². The van der Waals surface area contributed by atoms with Gasteiger partial charge in [0.15, 0.2) is 0 Å². The molecule has 19 heavy (non-hydrogen) atoms. The quantitative estimate of drug-likeness (QED) is 0.867. The maximum absolute atomic E-state index is 12.5. The van der Waals surface area contributed by atoms with Crippen LogP contribution in [0.2, 0.25) is 0 Å². The second-order valence-corrected chi connectivity index (χ2v) is 5.90. The van der Waals surface area contributed by atoms with Crippen LogP contribution < -0.4 is 11.5 Å². The first kappa shape index (κ1) is 14.0. The van der Waals surface area contributed by atoms with Gasteiger partial charge in [-0.2, -0.15) is 0 Å². The molecule has 104 valence electrons. The summed E-state index contributed by atoms with van der Waals surface area (Å²) in [6.45, 7) is 3.33. The smallest absolute Gasteiger partial charge is 0.264 e. The maximum atomic E-state index is 12.5. The summed E-state index contributed by atoms with van der Waals surface area (Å²) >= 11 is 1.26. The lowest BCUT2D eigenvalue weighted by Crippen LogP contribution is -2.51. The summed E-state index contributed by atoms with van der Waals surface area (Å²) in [5.74, 6) is -0.129. The summed E-state index contributed by atoms with van der Waals surface area (Å²) in [5, 5.41) is 1.63. The fourth-order valence-electron chi connectivity index (χ4n) is 2.58. The van der Waals surface area contributed by atoms with Gasteiger partial charge < -0.3 is 16.4 Å². The minimum Gasteiger partial charge on any atom is -0.366 e. The van der Waals surface area contributed by atoms with Gasteiger partial charge in [0.2, 0.25) is 5.91 Å². The van der Waals surface area contributed by atoms with Crippen LogP contribution in [-0.4, -0.2) is 35.8 Å². The van der Waals surface area contributed by atoms with Gasteiger partial charge in [-0.3, -0.25) is 9.59 Å². The van der Waals surface area contributed by atoms with E-state index in [0.29, 0.717) is 22.9 Å². The Morgan fingerprint density at radius 2 is 2.26 bits per heavy atom. The van der Waals surface area contributed by atoms with Gasteiger partial charge in [0.25, 0.3) is 5.91 Å². The number of hydrogen-bond donors (Lipinski definition) is 2. The van der Waals surface area contributed by atoms with Crippen molar-refractivity contribution in [3.05, 3.63) is 21.9 Å². The predicted octanol–water partition coefficient (Wildman–Crippen LogP) is 1.05. The minimum atomic E-state index is -0.502. The summed E-state index contributed by atoms with van der Waals surface area (Å²) in [6, 6.07) is 1.66. The zero-order valence-corrected chi connectivity index (χ0v) is 11.8. The number of piperidine rings is 1. The van der Waals surface area contributed by atoms with Crippen LogP contribution in [0.3, 0.4) is 0 Å². The molecule has 2 atom stereocenters. The van der Waals surface area contributed by atoms with Crippen LogP contribution in [0.25, 0.3) is 0 Å². The number of thiophene rings is 1. The number of rotatable bonds is 3. The van der Waals surface area contributed by atoms with Crippen LogP contribution in [0.4, 0.5) is 0 Å². The third-order valence-electron chi connectivity index (χ3n) is 3.71. The Morgan fingerprint density at radius 1 is 1.53 bits per heavy atom. The van der Waals surface area contributed by atoms with Gasteiger partial charge in [-0.1, -0.05) is 6.92 Å². The zero-order valence-electron chi connectivity index (χ0n) is 11.0. The first-order valence-corrected chi connectivity index (χ1v) is 7.32. The van der Waals surface area contributed by atoms with Crippen LogP contribution in [0, 0.1) is 5.92 Å². The fraction of sp³-hybridized carbons (Fsp3) is 0.538. The van der Waals surface area contributed by atoms with Gasteiger partial charge in [0, 0.05) is 24.5 Å². The molecule has 1 aliphatic heterocycles. The number of likely N-dealkylation sites (tertiary alicyclic amines) is 1. The van der Waals surface area contributed by atoms with Crippen LogP contribution in [-0.2, 0) is 0 Å². The molecule has 6 heteroatoms. The number of nitrogens with two attached hydrogens (primary N) is 2. The summed E-state index contributed by atoms with van der Waals surface area (Å²) in [5.41, 5.74) is 11.4. The van der Waals surface area contributed by atoms with Crippen molar-refractivity contribution in [2.75, 3.05) is 13.1 Å². The predicted molar refractivity (Wildman–Crippen MR) is 75.1 cm³/mol. The molecule has 0 aromatic carbocycles. The molecule has 1 aliphatic rings. The molecule has 2 rings (SSSR count). The third kappa shape index (κ3) is 2.79. The van der Waals surface area contributed by atoms with E-state index >= 15 is 0 Å². The van der Waals surface area contributed by atoms with Crippen molar-refractivity contribution in [2.45, 2.75) is 25.8 Å². The number of primary amides is 1. The molecule has 0 aliphatic carbocycles. The molecule has 5 nitrogen and oxygen atoms in total. The molecule has 1 saturated heterocycles. The van der Waals surface area contributed by atoms with Crippen LogP contribution in [0.15, 0.2) is 11.4 Å². The van der Waals surface area contributed by atoms with Crippen molar-refractivity contribution in [2.24, 2.45) is 17.4 Å². The second-order valence-electron chi connectivity index (χ2n) is 4.98. The van der Waals surface area contributed by atoms with Crippen molar-refractivity contribution in [1.29, 1.82) is 0 Å². The molecule has 1 fully saturated rings. The standard InChI is InChI=1S/C13H19N3O2S/c1-8-3-2-4-16(10(8)6-14)13(18)11-5-9(7-19-11)12(15)17/h5,7-8,10H,2-4,6,14H2,1H3,(H2,15,17)/t8-,10-/m0/s1. The van der Waals surface area contributed by atoms with Crippen molar-refractivity contribution in [3.8, 4) is 0 Å². The average Bonchev–Trinajstić information content (AvgIpc) is 2.87. The molecule has 0 spiro atoms. The van der Waals surface area contributed by atoms with E-state index in [0.717, 1.165) is 19.4 Å². The molecule has 0 saturated carbocycles. The van der Waals surface area contributed by atoms with E-state index in [2.05, 4.69) is 6.92 Å². The molecular weight excluding hydrogens is 262 g/mol. The monoisotopic (exact) mass is 281 g/mol. The molecule has 2 heterocycles. The van der Waals surface area contributed by atoms with Crippen molar-refractivity contribution < 1.29 is 9.59 Å². The molecule has 1 aromatic heterocycles. The van der Waals surface area contributed by atoms with Crippen molar-refractivity contribution >= 4 is 23.2 Å². The molecule has 4 N–H and O–H groups in total. The molecule has 0 radical (unpaired) electrons. The first-order chi connectivity index (χ1) is 9.04. The average molecular weight is 281 g/mol. The Kier molecular flexibility index (Phi) is 4.21. The van der Waals surface area contributed by atoms with Gasteiger partial charge in [-0.25, -0.2) is 0 Å². The summed E-state index contributed by atoms with van der Waals surface area (Å²) < 4.78 is 0. The lowest BCUT2D eigenvalue weighted by molar-refractivity contribution is 0.0537. The van der Waals surface area contributed by atoms with E-state index in [1.54, 1.807) is 11.4 Å². The topological polar surface area (TPSA) is 89.4 Å². The summed E-state index contributed by atoms with van der Waals surface area (Å²) in [6.07, 6.45) is 2.10. The Morgan fingerprint density at radius 3 is 2.84 bits per heavy atom. The number of hydrogen-bond acceptors (Lipinski definition) is 4. The lowest BCUT2D eigenvalue weighted by Gasteiger charge is -2.39. The van der Waals surface area contributed by atoms with Gasteiger partial charge in [-0.05, 0) is 24.8 Å². The SMILES string of the molecule is C[C@H]1CCCN(C(=O)c2cc(C(N)=O)cs2)[C@H]1CN. The Bertz CT molecular complexity index is 486. The van der Waals surface area contributed by atoms with E-state index in [-0.39, 0.29) is 11.9 Å². The lowest BCUT2D eigenvalue weighted by atomic mass is 9.90. The molecule has 0 bridgehead atoms. The van der Waals surface area contributed by atoms with E-state index < -0.39 is 5.91 Å². The van der Waals surface area contributed by atoms with Crippen molar-refractivity contribution in [1.82, 2.24) is 4.90 Å². The summed E-state index contributed by atoms with van der Waals surface area (Å²) in [4.78, 5) is 25.9. The number of amides is 2. The highest BCUT2D eigenvalue weighted by Crippen LogP contribution is 2.26. The second kappa shape index (κ2) is 5.71. The Hall–Kier alpha value is -1.40. The minimum absolute atomic E-state index is 0.0421. The zero-order chi connectivity index (χ0) is 14.0. The van der Waals surface area contributed by atoms with Gasteiger partial charge in [0.05, 0.1) is 10.4 Å². The Balaban J connectivity index is 2.19. The normalized spacial score (nSPS) is 23.4. The van der Waals surface area contributed by atoms with Gasteiger partial charge in [-0.15, -0.1) is 11.3 Å². The highest BCUT2D eigenvalue weighted by atomic mass is 32.1. The molecular formula is C13H19N3O2S. The van der Waals surface area contributed by atoms with E-state index in [1.165, 1.54) is 11.3 Å². The van der Waals surface area contributed by atoms with Crippen LogP contribution >= 0.6 is 11.3 Å². The van der Waals surface area contributed by atoms with E-state index in [1.807, 2.05) is 4.90 Å². The molecule has 2 amide bonds. The van der Waals surface area contributed by atoms with Gasteiger partial charge >= 0.3 is 0 Å². The van der Waals surface area contributed by atoms with E-state index in [9.17, 15) is 9.59 Å². The maximum Gasteiger partial charge on any atom is 0.264 e. The largest absolute Gasteiger partial charge is 0.366 e. The van der Waals surface area contributed by atoms with Gasteiger partial charge in [0.1, 0.15) is 0 Å². The van der Waals surface area contributed by atoms with Crippen molar-refractivity contribution in [3.63, 3.8) is 0 Å². The molecule has 1 aromatic rings. The number of carbonyl (C=O) groups excluding carboxylic acids is 2. The fourth-order valence-corrected chi connectivity index (χ4v) is 3.43. The van der Waals surface area contributed by atoms with Crippen LogP contribution in [0.5, 0.6) is 0 Å². The number of carbonyl (C=O) groups is 2. The first-order valence-electron chi connectivity index (χ1n) is 6.44.